The normalized spacial score (nSPS) is 11.6. The van der Waals surface area contributed by atoms with Gasteiger partial charge in [0.25, 0.3) is 0 Å². The molecule has 0 saturated carbocycles. The molecule has 2 heterocycles. The summed E-state index contributed by atoms with van der Waals surface area (Å²) in [6.45, 7) is 0. The number of fused-ring (bicyclic) bond motifs is 2. The zero-order chi connectivity index (χ0) is 15.4. The lowest BCUT2D eigenvalue weighted by molar-refractivity contribution is 0.919. The quantitative estimate of drug-likeness (QED) is 0.367. The molecular formula is C18H14Br2N2. The van der Waals surface area contributed by atoms with Crippen molar-refractivity contribution in [2.24, 2.45) is 14.1 Å². The Hall–Kier alpha value is -1.52. The molecule has 2 aromatic carbocycles. The molecule has 22 heavy (non-hydrogen) atoms. The first-order valence-electron chi connectivity index (χ1n) is 7.07. The molecule has 4 aromatic rings. The third-order valence-electron chi connectivity index (χ3n) is 4.31. The van der Waals surface area contributed by atoms with Crippen LogP contribution in [0.25, 0.3) is 33.2 Å². The first-order chi connectivity index (χ1) is 10.6. The van der Waals surface area contributed by atoms with Gasteiger partial charge in [0, 0.05) is 35.9 Å². The average molecular weight is 418 g/mol. The van der Waals surface area contributed by atoms with Gasteiger partial charge in [0.2, 0.25) is 0 Å². The molecule has 0 spiro atoms. The van der Waals surface area contributed by atoms with Crippen LogP contribution < -0.4 is 0 Å². The number of halogens is 2. The maximum absolute atomic E-state index is 3.81. The highest BCUT2D eigenvalue weighted by Gasteiger charge is 2.21. The molecule has 4 heteroatoms. The first kappa shape index (κ1) is 14.1. The first-order valence-corrected chi connectivity index (χ1v) is 8.66. The number of hydrogen-bond acceptors (Lipinski definition) is 0. The summed E-state index contributed by atoms with van der Waals surface area (Å²) in [6, 6.07) is 16.9. The number of hydrogen-bond donors (Lipinski definition) is 0. The van der Waals surface area contributed by atoms with Crippen molar-refractivity contribution in [3.8, 4) is 11.4 Å². The van der Waals surface area contributed by atoms with E-state index in [9.17, 15) is 0 Å². The van der Waals surface area contributed by atoms with Gasteiger partial charge in [-0.15, -0.1) is 0 Å². The topological polar surface area (TPSA) is 9.86 Å². The summed E-state index contributed by atoms with van der Waals surface area (Å²) in [5.74, 6) is 0. The van der Waals surface area contributed by atoms with Crippen LogP contribution in [0.2, 0.25) is 0 Å². The van der Waals surface area contributed by atoms with Crippen molar-refractivity contribution in [1.82, 2.24) is 9.13 Å². The molecule has 2 nitrogen and oxygen atoms in total. The third-order valence-corrected chi connectivity index (χ3v) is 5.92. The van der Waals surface area contributed by atoms with Crippen LogP contribution >= 0.6 is 31.9 Å². The molecule has 0 bridgehead atoms. The van der Waals surface area contributed by atoms with E-state index in [0.29, 0.717) is 0 Å². The van der Waals surface area contributed by atoms with E-state index >= 15 is 0 Å². The zero-order valence-corrected chi connectivity index (χ0v) is 15.4. The molecule has 0 unspecified atom stereocenters. The number of nitrogens with zero attached hydrogens (tertiary/aromatic N) is 2. The predicted octanol–water partition coefficient (Wildman–Crippen LogP) is 5.86. The Labute approximate surface area is 145 Å². The second kappa shape index (κ2) is 5.00. The fraction of sp³-hybridized carbons (Fsp3) is 0.111. The number of rotatable bonds is 1. The summed E-state index contributed by atoms with van der Waals surface area (Å²) in [7, 11) is 4.24. The lowest BCUT2D eigenvalue weighted by atomic mass is 10.2. The molecular weight excluding hydrogens is 404 g/mol. The van der Waals surface area contributed by atoms with E-state index in [1.54, 1.807) is 0 Å². The Morgan fingerprint density at radius 3 is 1.36 bits per heavy atom. The lowest BCUT2D eigenvalue weighted by Gasteiger charge is -2.08. The van der Waals surface area contributed by atoms with Crippen molar-refractivity contribution in [2.45, 2.75) is 0 Å². The van der Waals surface area contributed by atoms with Gasteiger partial charge in [0.15, 0.2) is 0 Å². The van der Waals surface area contributed by atoms with Crippen molar-refractivity contribution in [3.63, 3.8) is 0 Å². The molecule has 110 valence electrons. The van der Waals surface area contributed by atoms with Crippen LogP contribution in [0.1, 0.15) is 0 Å². The summed E-state index contributed by atoms with van der Waals surface area (Å²) in [5, 5.41) is 2.47. The van der Waals surface area contributed by atoms with Gasteiger partial charge in [-0.1, -0.05) is 36.4 Å². The van der Waals surface area contributed by atoms with Gasteiger partial charge in [-0.3, -0.25) is 0 Å². The monoisotopic (exact) mass is 416 g/mol. The average Bonchev–Trinajstić information content (AvgIpc) is 2.94. The maximum atomic E-state index is 3.81. The summed E-state index contributed by atoms with van der Waals surface area (Å²) >= 11 is 7.62. The Morgan fingerprint density at radius 1 is 0.636 bits per heavy atom. The van der Waals surface area contributed by atoms with Crippen LogP contribution in [0, 0.1) is 0 Å². The standard InChI is InChI=1S/C18H14Br2N2/c1-21-13-9-5-3-7-11(13)15(19)17(21)18-16(20)12-8-4-6-10-14(12)22(18)2/h3-10H,1-2H3. The van der Waals surface area contributed by atoms with Crippen molar-refractivity contribution >= 4 is 53.7 Å². The molecule has 0 aliphatic heterocycles. The number of benzene rings is 2. The van der Waals surface area contributed by atoms with E-state index in [1.807, 2.05) is 0 Å². The van der Waals surface area contributed by atoms with Crippen LogP contribution in [0.5, 0.6) is 0 Å². The van der Waals surface area contributed by atoms with Crippen molar-refractivity contribution < 1.29 is 0 Å². The van der Waals surface area contributed by atoms with Crippen LogP contribution in [-0.4, -0.2) is 9.13 Å². The van der Waals surface area contributed by atoms with E-state index in [2.05, 4.69) is 104 Å². The van der Waals surface area contributed by atoms with Crippen LogP contribution in [-0.2, 0) is 14.1 Å². The smallest absolute Gasteiger partial charge is 0.0812 e. The third kappa shape index (κ3) is 1.77. The van der Waals surface area contributed by atoms with Crippen LogP contribution in [0.3, 0.4) is 0 Å². The van der Waals surface area contributed by atoms with Crippen molar-refractivity contribution in [2.75, 3.05) is 0 Å². The van der Waals surface area contributed by atoms with E-state index in [1.165, 1.54) is 33.2 Å². The van der Waals surface area contributed by atoms with Gasteiger partial charge in [-0.2, -0.15) is 0 Å². The Kier molecular flexibility index (Phi) is 3.20. The summed E-state index contributed by atoms with van der Waals surface area (Å²) in [5.41, 5.74) is 4.82. The fourth-order valence-electron chi connectivity index (χ4n) is 3.22. The van der Waals surface area contributed by atoms with E-state index in [0.717, 1.165) is 8.95 Å². The largest absolute Gasteiger partial charge is 0.341 e. The minimum absolute atomic E-state index is 1.14. The van der Waals surface area contributed by atoms with Gasteiger partial charge >= 0.3 is 0 Å². The molecule has 0 N–H and O–H groups in total. The van der Waals surface area contributed by atoms with Crippen molar-refractivity contribution in [1.29, 1.82) is 0 Å². The number of aryl methyl sites for hydroxylation is 2. The molecule has 0 aliphatic carbocycles. The van der Waals surface area contributed by atoms with Gasteiger partial charge < -0.3 is 9.13 Å². The molecule has 0 radical (unpaired) electrons. The lowest BCUT2D eigenvalue weighted by Crippen LogP contribution is -1.98. The Bertz CT molecular complexity index is 863. The SMILES string of the molecule is Cn1c(-c2c(Br)c3ccccc3n2C)c(Br)c2ccccc21. The van der Waals surface area contributed by atoms with E-state index in [-0.39, 0.29) is 0 Å². The second-order valence-electron chi connectivity index (χ2n) is 5.48. The molecule has 2 aromatic heterocycles. The number of aromatic nitrogens is 2. The fourth-order valence-corrected chi connectivity index (χ4v) is 4.80. The van der Waals surface area contributed by atoms with Crippen LogP contribution in [0.15, 0.2) is 57.5 Å². The minimum Gasteiger partial charge on any atom is -0.341 e. The van der Waals surface area contributed by atoms with E-state index < -0.39 is 0 Å². The highest BCUT2D eigenvalue weighted by atomic mass is 79.9. The number of para-hydroxylation sites is 2. The van der Waals surface area contributed by atoms with Crippen LogP contribution in [0.4, 0.5) is 0 Å². The Morgan fingerprint density at radius 2 is 1.00 bits per heavy atom. The molecule has 0 amide bonds. The summed E-state index contributed by atoms with van der Waals surface area (Å²) in [6.07, 6.45) is 0. The molecule has 4 rings (SSSR count). The summed E-state index contributed by atoms with van der Waals surface area (Å²) in [4.78, 5) is 0. The predicted molar refractivity (Wildman–Crippen MR) is 100 cm³/mol. The molecule has 0 fully saturated rings. The molecule has 0 saturated heterocycles. The Balaban J connectivity index is 2.17. The molecule has 0 atom stereocenters. The highest BCUT2D eigenvalue weighted by Crippen LogP contribution is 2.43. The maximum Gasteiger partial charge on any atom is 0.0812 e. The minimum atomic E-state index is 1.14. The van der Waals surface area contributed by atoms with Gasteiger partial charge in [0.05, 0.1) is 20.3 Å². The zero-order valence-electron chi connectivity index (χ0n) is 12.3. The van der Waals surface area contributed by atoms with Gasteiger partial charge in [-0.05, 0) is 44.0 Å². The molecule has 0 aliphatic rings. The van der Waals surface area contributed by atoms with Gasteiger partial charge in [-0.25, -0.2) is 0 Å². The van der Waals surface area contributed by atoms with Crippen molar-refractivity contribution in [3.05, 3.63) is 57.5 Å². The second-order valence-corrected chi connectivity index (χ2v) is 7.06. The van der Waals surface area contributed by atoms with Gasteiger partial charge in [0.1, 0.15) is 0 Å². The highest BCUT2D eigenvalue weighted by molar-refractivity contribution is 9.11. The summed E-state index contributed by atoms with van der Waals surface area (Å²) < 4.78 is 6.77. The van der Waals surface area contributed by atoms with E-state index in [4.69, 9.17) is 0 Å².